The average molecular weight is 244 g/mol. The molecule has 2 aromatic rings. The van der Waals surface area contributed by atoms with Gasteiger partial charge in [0.2, 0.25) is 0 Å². The van der Waals surface area contributed by atoms with Crippen LogP contribution < -0.4 is 5.32 Å². The van der Waals surface area contributed by atoms with Crippen molar-refractivity contribution < 1.29 is 4.79 Å². The molecule has 3 rings (SSSR count). The van der Waals surface area contributed by atoms with Gasteiger partial charge in [0, 0.05) is 11.6 Å². The smallest absolute Gasteiger partial charge is 0.251 e. The van der Waals surface area contributed by atoms with Crippen LogP contribution >= 0.6 is 0 Å². The fourth-order valence-electron chi connectivity index (χ4n) is 2.59. The molecule has 0 bridgehead atoms. The highest BCUT2D eigenvalue weighted by atomic mass is 16.1. The van der Waals surface area contributed by atoms with Gasteiger partial charge in [-0.15, -0.1) is 0 Å². The van der Waals surface area contributed by atoms with Crippen LogP contribution in [0.4, 0.5) is 0 Å². The van der Waals surface area contributed by atoms with Gasteiger partial charge in [0.25, 0.3) is 5.91 Å². The van der Waals surface area contributed by atoms with E-state index in [0.29, 0.717) is 17.5 Å². The first-order valence-corrected chi connectivity index (χ1v) is 6.35. The molecule has 18 heavy (non-hydrogen) atoms. The standard InChI is InChI=1S/C13H16N4O/c1-8-3-2-4-10(8)14-13(18)9-5-6-11-12(7-9)16-17-15-11/h5-8,10H,2-4H2,1H3,(H,14,18)(H,15,16,17)/t8-,10-/m0/s1. The molecule has 0 saturated heterocycles. The van der Waals surface area contributed by atoms with Gasteiger partial charge >= 0.3 is 0 Å². The second-order valence-electron chi connectivity index (χ2n) is 5.02. The number of nitrogens with zero attached hydrogens (tertiary/aromatic N) is 2. The maximum Gasteiger partial charge on any atom is 0.251 e. The largest absolute Gasteiger partial charge is 0.349 e. The van der Waals surface area contributed by atoms with Crippen molar-refractivity contribution in [2.75, 3.05) is 0 Å². The number of fused-ring (bicyclic) bond motifs is 1. The number of amides is 1. The summed E-state index contributed by atoms with van der Waals surface area (Å²) in [6.07, 6.45) is 3.49. The van der Waals surface area contributed by atoms with Crippen LogP contribution in [-0.2, 0) is 0 Å². The summed E-state index contributed by atoms with van der Waals surface area (Å²) in [5.41, 5.74) is 2.15. The van der Waals surface area contributed by atoms with Crippen molar-refractivity contribution in [3.8, 4) is 0 Å². The Morgan fingerprint density at radius 2 is 2.17 bits per heavy atom. The van der Waals surface area contributed by atoms with Gasteiger partial charge in [0.05, 0.1) is 0 Å². The molecule has 0 spiro atoms. The Morgan fingerprint density at radius 3 is 2.94 bits per heavy atom. The van der Waals surface area contributed by atoms with Crippen LogP contribution in [0.1, 0.15) is 36.5 Å². The van der Waals surface area contributed by atoms with Crippen LogP contribution in [0.2, 0.25) is 0 Å². The monoisotopic (exact) mass is 244 g/mol. The van der Waals surface area contributed by atoms with Crippen LogP contribution in [0.3, 0.4) is 0 Å². The van der Waals surface area contributed by atoms with E-state index in [1.165, 1.54) is 12.8 Å². The Bertz CT molecular complexity index is 577. The van der Waals surface area contributed by atoms with Gasteiger partial charge in [0.1, 0.15) is 11.0 Å². The highest BCUT2D eigenvalue weighted by Gasteiger charge is 2.25. The summed E-state index contributed by atoms with van der Waals surface area (Å²) in [5.74, 6) is 0.559. The zero-order valence-electron chi connectivity index (χ0n) is 10.3. The van der Waals surface area contributed by atoms with Crippen molar-refractivity contribution in [2.24, 2.45) is 5.92 Å². The summed E-state index contributed by atoms with van der Waals surface area (Å²) in [4.78, 5) is 12.1. The third-order valence-electron chi connectivity index (χ3n) is 3.76. The van der Waals surface area contributed by atoms with E-state index in [4.69, 9.17) is 0 Å². The summed E-state index contributed by atoms with van der Waals surface area (Å²) >= 11 is 0. The lowest BCUT2D eigenvalue weighted by Crippen LogP contribution is -2.36. The van der Waals surface area contributed by atoms with E-state index in [2.05, 4.69) is 27.7 Å². The summed E-state index contributed by atoms with van der Waals surface area (Å²) in [6.45, 7) is 2.19. The molecule has 1 amide bonds. The fourth-order valence-corrected chi connectivity index (χ4v) is 2.59. The molecule has 5 heteroatoms. The first-order chi connectivity index (χ1) is 8.74. The first kappa shape index (κ1) is 11.2. The molecule has 2 atom stereocenters. The number of nitrogens with one attached hydrogen (secondary N) is 2. The third-order valence-corrected chi connectivity index (χ3v) is 3.76. The fraction of sp³-hybridized carbons (Fsp3) is 0.462. The number of hydrogen-bond donors (Lipinski definition) is 2. The zero-order valence-corrected chi connectivity index (χ0v) is 10.3. The van der Waals surface area contributed by atoms with E-state index < -0.39 is 0 Å². The molecule has 94 valence electrons. The minimum atomic E-state index is -0.0151. The molecular formula is C13H16N4O. The topological polar surface area (TPSA) is 70.7 Å². The number of rotatable bonds is 2. The van der Waals surface area contributed by atoms with Gasteiger partial charge in [0.15, 0.2) is 0 Å². The van der Waals surface area contributed by atoms with Crippen molar-refractivity contribution in [2.45, 2.75) is 32.2 Å². The molecule has 0 unspecified atom stereocenters. The van der Waals surface area contributed by atoms with Gasteiger partial charge in [-0.1, -0.05) is 13.3 Å². The zero-order chi connectivity index (χ0) is 12.5. The molecule has 1 aliphatic carbocycles. The number of benzene rings is 1. The molecular weight excluding hydrogens is 228 g/mol. The number of aromatic amines is 1. The van der Waals surface area contributed by atoms with Crippen LogP contribution in [0, 0.1) is 5.92 Å². The predicted molar refractivity (Wildman–Crippen MR) is 68.2 cm³/mol. The number of hydrogen-bond acceptors (Lipinski definition) is 3. The van der Waals surface area contributed by atoms with Gasteiger partial charge in [-0.05, 0) is 37.0 Å². The summed E-state index contributed by atoms with van der Waals surface area (Å²) < 4.78 is 0. The minimum absolute atomic E-state index is 0.0151. The van der Waals surface area contributed by atoms with Crippen molar-refractivity contribution >= 4 is 16.9 Å². The number of carbonyl (C=O) groups excluding carboxylic acids is 1. The molecule has 2 N–H and O–H groups in total. The lowest BCUT2D eigenvalue weighted by Gasteiger charge is -2.17. The van der Waals surface area contributed by atoms with E-state index >= 15 is 0 Å². The molecule has 1 saturated carbocycles. The highest BCUT2D eigenvalue weighted by Crippen LogP contribution is 2.25. The number of carbonyl (C=O) groups is 1. The molecule has 1 heterocycles. The second-order valence-corrected chi connectivity index (χ2v) is 5.02. The lowest BCUT2D eigenvalue weighted by molar-refractivity contribution is 0.0930. The van der Waals surface area contributed by atoms with Crippen molar-refractivity contribution in [3.63, 3.8) is 0 Å². The maximum atomic E-state index is 12.1. The predicted octanol–water partition coefficient (Wildman–Crippen LogP) is 1.88. The lowest BCUT2D eigenvalue weighted by atomic mass is 10.1. The normalized spacial score (nSPS) is 23.4. The van der Waals surface area contributed by atoms with E-state index in [-0.39, 0.29) is 5.91 Å². The summed E-state index contributed by atoms with van der Waals surface area (Å²) in [6, 6.07) is 5.69. The quantitative estimate of drug-likeness (QED) is 0.847. The molecule has 0 radical (unpaired) electrons. The Hall–Kier alpha value is -1.91. The van der Waals surface area contributed by atoms with Gasteiger partial charge in [-0.3, -0.25) is 4.79 Å². The van der Waals surface area contributed by atoms with E-state index in [0.717, 1.165) is 17.5 Å². The SMILES string of the molecule is C[C@H]1CCC[C@@H]1NC(=O)c1ccc2n[nH]nc2c1. The molecule has 1 aromatic carbocycles. The van der Waals surface area contributed by atoms with Crippen molar-refractivity contribution in [1.29, 1.82) is 0 Å². The van der Waals surface area contributed by atoms with Gasteiger partial charge in [-0.25, -0.2) is 0 Å². The molecule has 1 fully saturated rings. The Labute approximate surface area is 105 Å². The summed E-state index contributed by atoms with van der Waals surface area (Å²) in [5, 5.41) is 13.6. The Morgan fingerprint density at radius 1 is 1.33 bits per heavy atom. The first-order valence-electron chi connectivity index (χ1n) is 6.35. The average Bonchev–Trinajstić information content (AvgIpc) is 2.98. The van der Waals surface area contributed by atoms with E-state index in [9.17, 15) is 4.79 Å². The van der Waals surface area contributed by atoms with Crippen LogP contribution in [0.5, 0.6) is 0 Å². The third kappa shape index (κ3) is 1.96. The van der Waals surface area contributed by atoms with Crippen LogP contribution in [0.25, 0.3) is 11.0 Å². The Kier molecular flexibility index (Phi) is 2.74. The van der Waals surface area contributed by atoms with Crippen molar-refractivity contribution in [1.82, 2.24) is 20.7 Å². The molecule has 0 aliphatic heterocycles. The molecule has 1 aliphatic rings. The van der Waals surface area contributed by atoms with Crippen LogP contribution in [-0.4, -0.2) is 27.4 Å². The van der Waals surface area contributed by atoms with Gasteiger partial charge in [-0.2, -0.15) is 15.4 Å². The minimum Gasteiger partial charge on any atom is -0.349 e. The van der Waals surface area contributed by atoms with E-state index in [1.54, 1.807) is 12.1 Å². The second kappa shape index (κ2) is 4.40. The number of aromatic nitrogens is 3. The maximum absolute atomic E-state index is 12.1. The summed E-state index contributed by atoms with van der Waals surface area (Å²) in [7, 11) is 0. The van der Waals surface area contributed by atoms with Gasteiger partial charge < -0.3 is 5.32 Å². The molecule has 1 aromatic heterocycles. The molecule has 5 nitrogen and oxygen atoms in total. The van der Waals surface area contributed by atoms with E-state index in [1.807, 2.05) is 6.07 Å². The highest BCUT2D eigenvalue weighted by molar-refractivity contribution is 5.97. The van der Waals surface area contributed by atoms with Crippen LogP contribution in [0.15, 0.2) is 18.2 Å². The Balaban J connectivity index is 1.78. The van der Waals surface area contributed by atoms with Crippen molar-refractivity contribution in [3.05, 3.63) is 23.8 Å². The number of H-pyrrole nitrogens is 1.